The predicted molar refractivity (Wildman–Crippen MR) is 86.8 cm³/mol. The molecule has 19 heavy (non-hydrogen) atoms. The zero-order valence-corrected chi connectivity index (χ0v) is 14.0. The molecule has 0 spiro atoms. The summed E-state index contributed by atoms with van der Waals surface area (Å²) in [6.07, 6.45) is 0. The van der Waals surface area contributed by atoms with Crippen LogP contribution < -0.4 is 10.5 Å². The standard InChI is InChI=1S/C15H22N2SSi/c1-12-17-14(11-18-12)10-16-9-13-5-7-15(8-6-13)19(2,3)4/h5-8,11,16H,9-10H2,1-4H3. The van der Waals surface area contributed by atoms with E-state index in [2.05, 4.69) is 59.6 Å². The lowest BCUT2D eigenvalue weighted by molar-refractivity contribution is 0.682. The van der Waals surface area contributed by atoms with Crippen molar-refractivity contribution in [2.75, 3.05) is 0 Å². The van der Waals surface area contributed by atoms with E-state index in [1.165, 1.54) is 10.8 Å². The topological polar surface area (TPSA) is 24.9 Å². The first-order valence-corrected chi connectivity index (χ1v) is 11.0. The molecule has 0 aliphatic rings. The van der Waals surface area contributed by atoms with Crippen molar-refractivity contribution in [2.24, 2.45) is 0 Å². The first-order valence-electron chi connectivity index (χ1n) is 6.66. The van der Waals surface area contributed by atoms with Crippen LogP contribution in [0, 0.1) is 6.92 Å². The van der Waals surface area contributed by atoms with Crippen LogP contribution in [0.2, 0.25) is 19.6 Å². The highest BCUT2D eigenvalue weighted by atomic mass is 32.1. The minimum absolute atomic E-state index is 0.847. The second-order valence-electron chi connectivity index (χ2n) is 5.91. The molecule has 0 amide bonds. The number of benzene rings is 1. The van der Waals surface area contributed by atoms with Crippen molar-refractivity contribution in [3.8, 4) is 0 Å². The Morgan fingerprint density at radius 3 is 2.32 bits per heavy atom. The smallest absolute Gasteiger partial charge is 0.0897 e. The average molecular weight is 291 g/mol. The van der Waals surface area contributed by atoms with Crippen LogP contribution in [0.3, 0.4) is 0 Å². The third kappa shape index (κ3) is 4.26. The molecule has 2 aromatic rings. The van der Waals surface area contributed by atoms with E-state index >= 15 is 0 Å². The Balaban J connectivity index is 1.86. The number of nitrogens with zero attached hydrogens (tertiary/aromatic N) is 1. The Morgan fingerprint density at radius 1 is 1.11 bits per heavy atom. The van der Waals surface area contributed by atoms with Crippen molar-refractivity contribution in [3.63, 3.8) is 0 Å². The van der Waals surface area contributed by atoms with Crippen molar-refractivity contribution < 1.29 is 0 Å². The van der Waals surface area contributed by atoms with Crippen molar-refractivity contribution >= 4 is 24.6 Å². The molecule has 0 unspecified atom stereocenters. The number of hydrogen-bond donors (Lipinski definition) is 1. The fourth-order valence-electron chi connectivity index (χ4n) is 1.95. The van der Waals surface area contributed by atoms with E-state index in [-0.39, 0.29) is 0 Å². The second kappa shape index (κ2) is 5.99. The summed E-state index contributed by atoms with van der Waals surface area (Å²) in [7, 11) is -1.17. The SMILES string of the molecule is Cc1nc(CNCc2ccc([Si](C)(C)C)cc2)cs1. The number of aryl methyl sites for hydroxylation is 1. The molecular formula is C15H22N2SSi. The van der Waals surface area contributed by atoms with Crippen molar-refractivity contribution in [3.05, 3.63) is 45.9 Å². The highest BCUT2D eigenvalue weighted by Gasteiger charge is 2.15. The van der Waals surface area contributed by atoms with Gasteiger partial charge >= 0.3 is 0 Å². The molecule has 1 aromatic carbocycles. The van der Waals surface area contributed by atoms with Gasteiger partial charge in [-0.3, -0.25) is 0 Å². The first kappa shape index (κ1) is 14.4. The largest absolute Gasteiger partial charge is 0.307 e. The van der Waals surface area contributed by atoms with Gasteiger partial charge in [-0.2, -0.15) is 0 Å². The molecule has 0 aliphatic heterocycles. The minimum atomic E-state index is -1.17. The maximum absolute atomic E-state index is 4.45. The summed E-state index contributed by atoms with van der Waals surface area (Å²) in [6, 6.07) is 9.06. The fourth-order valence-corrected chi connectivity index (χ4v) is 3.73. The number of thiazole rings is 1. The Labute approximate surface area is 120 Å². The third-order valence-electron chi connectivity index (χ3n) is 3.12. The predicted octanol–water partition coefficient (Wildman–Crippen LogP) is 3.29. The van der Waals surface area contributed by atoms with Crippen LogP contribution in [0.25, 0.3) is 0 Å². The number of hydrogen-bond acceptors (Lipinski definition) is 3. The number of nitrogens with one attached hydrogen (secondary N) is 1. The Bertz CT molecular complexity index is 526. The molecule has 1 aromatic heterocycles. The van der Waals surface area contributed by atoms with Crippen LogP contribution in [0.1, 0.15) is 16.3 Å². The van der Waals surface area contributed by atoms with E-state index in [4.69, 9.17) is 0 Å². The van der Waals surface area contributed by atoms with Gasteiger partial charge in [0, 0.05) is 18.5 Å². The van der Waals surface area contributed by atoms with Gasteiger partial charge in [0.05, 0.1) is 18.8 Å². The van der Waals surface area contributed by atoms with Crippen LogP contribution in [-0.2, 0) is 13.1 Å². The van der Waals surface area contributed by atoms with Gasteiger partial charge < -0.3 is 5.32 Å². The minimum Gasteiger partial charge on any atom is -0.307 e. The molecule has 0 atom stereocenters. The zero-order valence-electron chi connectivity index (χ0n) is 12.2. The van der Waals surface area contributed by atoms with E-state index in [1.807, 2.05) is 6.92 Å². The lowest BCUT2D eigenvalue weighted by Crippen LogP contribution is -2.37. The lowest BCUT2D eigenvalue weighted by Gasteiger charge is -2.16. The van der Waals surface area contributed by atoms with E-state index in [1.54, 1.807) is 11.3 Å². The molecule has 2 rings (SSSR count). The molecule has 2 nitrogen and oxygen atoms in total. The van der Waals surface area contributed by atoms with Gasteiger partial charge in [-0.25, -0.2) is 4.98 Å². The van der Waals surface area contributed by atoms with Gasteiger partial charge in [0.1, 0.15) is 0 Å². The number of rotatable bonds is 5. The van der Waals surface area contributed by atoms with E-state index in [0.717, 1.165) is 23.8 Å². The van der Waals surface area contributed by atoms with Crippen molar-refractivity contribution in [2.45, 2.75) is 39.7 Å². The van der Waals surface area contributed by atoms with Crippen LogP contribution in [0.4, 0.5) is 0 Å². The number of aromatic nitrogens is 1. The van der Waals surface area contributed by atoms with E-state index in [9.17, 15) is 0 Å². The van der Waals surface area contributed by atoms with Crippen LogP contribution in [0.15, 0.2) is 29.6 Å². The molecule has 4 heteroatoms. The van der Waals surface area contributed by atoms with Gasteiger partial charge in [-0.15, -0.1) is 11.3 Å². The molecule has 0 fully saturated rings. The van der Waals surface area contributed by atoms with E-state index < -0.39 is 8.07 Å². The normalized spacial score (nSPS) is 11.8. The highest BCUT2D eigenvalue weighted by Crippen LogP contribution is 2.08. The van der Waals surface area contributed by atoms with Crippen LogP contribution in [0.5, 0.6) is 0 Å². The molecule has 0 saturated heterocycles. The molecule has 0 saturated carbocycles. The van der Waals surface area contributed by atoms with Gasteiger partial charge in [0.25, 0.3) is 0 Å². The molecule has 102 valence electrons. The van der Waals surface area contributed by atoms with Crippen LogP contribution >= 0.6 is 11.3 Å². The third-order valence-corrected chi connectivity index (χ3v) is 6.01. The fraction of sp³-hybridized carbons (Fsp3) is 0.400. The van der Waals surface area contributed by atoms with E-state index in [0.29, 0.717) is 0 Å². The molecule has 0 bridgehead atoms. The summed E-state index contributed by atoms with van der Waals surface area (Å²) < 4.78 is 0. The average Bonchev–Trinajstić information content (AvgIpc) is 2.75. The molecule has 1 N–H and O–H groups in total. The molecule has 0 radical (unpaired) electrons. The highest BCUT2D eigenvalue weighted by molar-refractivity contribution is 7.09. The van der Waals surface area contributed by atoms with Crippen LogP contribution in [-0.4, -0.2) is 13.1 Å². The van der Waals surface area contributed by atoms with Gasteiger partial charge in [0.2, 0.25) is 0 Å². The molecular weight excluding hydrogens is 268 g/mol. The second-order valence-corrected chi connectivity index (χ2v) is 12.0. The Morgan fingerprint density at radius 2 is 1.79 bits per heavy atom. The summed E-state index contributed by atoms with van der Waals surface area (Å²) in [6.45, 7) is 10.9. The Hall–Kier alpha value is -0.973. The summed E-state index contributed by atoms with van der Waals surface area (Å²) in [5.41, 5.74) is 2.48. The molecule has 1 heterocycles. The summed E-state index contributed by atoms with van der Waals surface area (Å²) in [5, 5.41) is 8.22. The van der Waals surface area contributed by atoms with Crippen molar-refractivity contribution in [1.29, 1.82) is 0 Å². The van der Waals surface area contributed by atoms with Gasteiger partial charge in [-0.05, 0) is 12.5 Å². The van der Waals surface area contributed by atoms with Gasteiger partial charge in [0.15, 0.2) is 0 Å². The maximum atomic E-state index is 4.45. The molecule has 0 aliphatic carbocycles. The zero-order chi connectivity index (χ0) is 13.9. The first-order chi connectivity index (χ1) is 8.95. The summed E-state index contributed by atoms with van der Waals surface area (Å²) in [5.74, 6) is 0. The summed E-state index contributed by atoms with van der Waals surface area (Å²) >= 11 is 1.71. The lowest BCUT2D eigenvalue weighted by atomic mass is 10.2. The summed E-state index contributed by atoms with van der Waals surface area (Å²) in [4.78, 5) is 4.45. The monoisotopic (exact) mass is 290 g/mol. The van der Waals surface area contributed by atoms with Gasteiger partial charge in [-0.1, -0.05) is 49.1 Å². The Kier molecular flexibility index (Phi) is 4.55. The maximum Gasteiger partial charge on any atom is 0.0897 e. The quantitative estimate of drug-likeness (QED) is 0.855. The van der Waals surface area contributed by atoms with Crippen molar-refractivity contribution in [1.82, 2.24) is 10.3 Å².